The van der Waals surface area contributed by atoms with Gasteiger partial charge in [0.15, 0.2) is 0 Å². The summed E-state index contributed by atoms with van der Waals surface area (Å²) < 4.78 is 13.4. The third-order valence-corrected chi connectivity index (χ3v) is 6.97. The number of hydrogen-bond acceptors (Lipinski definition) is 0. The third kappa shape index (κ3) is 6.11. The molecule has 2 aliphatic rings. The van der Waals surface area contributed by atoms with Crippen molar-refractivity contribution in [3.63, 3.8) is 0 Å². The smallest absolute Gasteiger partial charge is 0.143 e. The lowest BCUT2D eigenvalue weighted by Crippen LogP contribution is -2.25. The molecule has 1 aromatic rings. The van der Waals surface area contributed by atoms with Gasteiger partial charge in [0.25, 0.3) is 0 Å². The summed E-state index contributed by atoms with van der Waals surface area (Å²) in [6.07, 6.45) is 18.2. The molecule has 0 nitrogen and oxygen atoms in total. The number of rotatable bonds is 4. The van der Waals surface area contributed by atoms with Gasteiger partial charge in [-0.15, -0.1) is 0 Å². The minimum atomic E-state index is -0.408. The van der Waals surface area contributed by atoms with Gasteiger partial charge in [0, 0.05) is 5.56 Å². The summed E-state index contributed by atoms with van der Waals surface area (Å²) in [6, 6.07) is 4.71. The molecule has 146 valence electrons. The Bertz CT molecular complexity index is 680. The van der Waals surface area contributed by atoms with E-state index in [0.717, 1.165) is 17.8 Å². The number of hydrogen-bond donors (Lipinski definition) is 0. The van der Waals surface area contributed by atoms with Crippen LogP contribution in [0, 0.1) is 41.3 Å². The average molecular weight is 387 g/mol. The SMILES string of the molecule is CCC[C@H]1CC[C@H](C2CCC(/C=C/C#Cc3ccc(Cl)c(F)c3)CC2)CC1. The summed E-state index contributed by atoms with van der Waals surface area (Å²) >= 11 is 5.70. The molecule has 2 saturated carbocycles. The van der Waals surface area contributed by atoms with Gasteiger partial charge in [0.05, 0.1) is 5.02 Å². The highest BCUT2D eigenvalue weighted by molar-refractivity contribution is 6.30. The van der Waals surface area contributed by atoms with Crippen LogP contribution in [0.15, 0.2) is 30.4 Å². The van der Waals surface area contributed by atoms with E-state index in [1.807, 2.05) is 6.08 Å². The largest absolute Gasteiger partial charge is 0.205 e. The van der Waals surface area contributed by atoms with E-state index >= 15 is 0 Å². The van der Waals surface area contributed by atoms with Crippen molar-refractivity contribution in [2.75, 3.05) is 0 Å². The second-order valence-electron chi connectivity index (χ2n) is 8.50. The third-order valence-electron chi connectivity index (χ3n) is 6.66. The van der Waals surface area contributed by atoms with E-state index in [1.165, 1.54) is 70.3 Å². The molecule has 0 radical (unpaired) electrons. The Balaban J connectivity index is 1.41. The first-order valence-corrected chi connectivity index (χ1v) is 11.2. The molecular weight excluding hydrogens is 355 g/mol. The predicted molar refractivity (Wildman–Crippen MR) is 113 cm³/mol. The van der Waals surface area contributed by atoms with Gasteiger partial charge in [-0.3, -0.25) is 0 Å². The molecule has 0 saturated heterocycles. The summed E-state index contributed by atoms with van der Waals surface area (Å²) in [4.78, 5) is 0. The van der Waals surface area contributed by atoms with Crippen molar-refractivity contribution in [3.8, 4) is 11.8 Å². The summed E-state index contributed by atoms with van der Waals surface area (Å²) in [6.45, 7) is 2.32. The zero-order valence-corrected chi connectivity index (χ0v) is 17.3. The number of benzene rings is 1. The Morgan fingerprint density at radius 1 is 1.04 bits per heavy atom. The Labute approximate surface area is 169 Å². The lowest BCUT2D eigenvalue weighted by Gasteiger charge is -2.37. The van der Waals surface area contributed by atoms with Gasteiger partial charge in [-0.25, -0.2) is 4.39 Å². The molecular formula is C25H32ClF. The predicted octanol–water partition coefficient (Wildman–Crippen LogP) is 7.80. The topological polar surface area (TPSA) is 0 Å². The van der Waals surface area contributed by atoms with Crippen LogP contribution in [0.4, 0.5) is 4.39 Å². The van der Waals surface area contributed by atoms with Crippen LogP contribution in [0.25, 0.3) is 0 Å². The lowest BCUT2D eigenvalue weighted by atomic mass is 9.69. The van der Waals surface area contributed by atoms with Crippen molar-refractivity contribution >= 4 is 11.6 Å². The first kappa shape index (κ1) is 20.5. The molecule has 27 heavy (non-hydrogen) atoms. The van der Waals surface area contributed by atoms with E-state index in [-0.39, 0.29) is 5.02 Å². The molecule has 0 N–H and O–H groups in total. The van der Waals surface area contributed by atoms with Gasteiger partial charge in [-0.2, -0.15) is 0 Å². The summed E-state index contributed by atoms with van der Waals surface area (Å²) in [5.41, 5.74) is 0.670. The fraction of sp³-hybridized carbons (Fsp3) is 0.600. The fourth-order valence-electron chi connectivity index (χ4n) is 5.05. The van der Waals surface area contributed by atoms with Crippen molar-refractivity contribution in [3.05, 3.63) is 46.8 Å². The van der Waals surface area contributed by atoms with E-state index in [1.54, 1.807) is 12.1 Å². The van der Waals surface area contributed by atoms with Crippen LogP contribution in [-0.2, 0) is 0 Å². The molecule has 0 bridgehead atoms. The van der Waals surface area contributed by atoms with Gasteiger partial charge >= 0.3 is 0 Å². The van der Waals surface area contributed by atoms with Gasteiger partial charge in [0.2, 0.25) is 0 Å². The highest BCUT2D eigenvalue weighted by Gasteiger charge is 2.29. The maximum absolute atomic E-state index is 13.4. The first-order valence-electron chi connectivity index (χ1n) is 10.8. The van der Waals surface area contributed by atoms with Crippen LogP contribution in [-0.4, -0.2) is 0 Å². The Hall–Kier alpha value is -1.26. The lowest BCUT2D eigenvalue weighted by molar-refractivity contribution is 0.152. The maximum Gasteiger partial charge on any atom is 0.143 e. The van der Waals surface area contributed by atoms with Crippen molar-refractivity contribution < 1.29 is 4.39 Å². The summed E-state index contributed by atoms with van der Waals surface area (Å²) in [5, 5.41) is 0.145. The van der Waals surface area contributed by atoms with Gasteiger partial charge in [-0.1, -0.05) is 62.1 Å². The molecule has 2 heteroatoms. The van der Waals surface area contributed by atoms with Crippen molar-refractivity contribution in [1.82, 2.24) is 0 Å². The zero-order valence-electron chi connectivity index (χ0n) is 16.5. The molecule has 2 aliphatic carbocycles. The van der Waals surface area contributed by atoms with Crippen LogP contribution in [0.2, 0.25) is 5.02 Å². The molecule has 2 fully saturated rings. The highest BCUT2D eigenvalue weighted by Crippen LogP contribution is 2.42. The number of allylic oxidation sites excluding steroid dienone is 2. The maximum atomic E-state index is 13.4. The van der Waals surface area contributed by atoms with Crippen LogP contribution >= 0.6 is 11.6 Å². The first-order chi connectivity index (χ1) is 13.2. The monoisotopic (exact) mass is 386 g/mol. The van der Waals surface area contributed by atoms with Crippen molar-refractivity contribution in [1.29, 1.82) is 0 Å². The highest BCUT2D eigenvalue weighted by atomic mass is 35.5. The summed E-state index contributed by atoms with van der Waals surface area (Å²) in [7, 11) is 0. The second-order valence-corrected chi connectivity index (χ2v) is 8.91. The van der Waals surface area contributed by atoms with E-state index < -0.39 is 5.82 Å². The molecule has 0 atom stereocenters. The Kier molecular flexibility index (Phi) is 7.83. The van der Waals surface area contributed by atoms with Crippen LogP contribution in [0.5, 0.6) is 0 Å². The molecule has 0 unspecified atom stereocenters. The minimum absolute atomic E-state index is 0.145. The average Bonchev–Trinajstić information content (AvgIpc) is 2.69. The zero-order chi connectivity index (χ0) is 19.1. The molecule has 1 aromatic carbocycles. The van der Waals surface area contributed by atoms with Crippen LogP contribution in [0.1, 0.15) is 76.7 Å². The molecule has 0 heterocycles. The molecule has 0 aromatic heterocycles. The van der Waals surface area contributed by atoms with Crippen LogP contribution < -0.4 is 0 Å². The Morgan fingerprint density at radius 2 is 1.70 bits per heavy atom. The van der Waals surface area contributed by atoms with E-state index in [4.69, 9.17) is 11.6 Å². The van der Waals surface area contributed by atoms with Gasteiger partial charge in [0.1, 0.15) is 5.82 Å². The number of halogens is 2. The molecule has 3 rings (SSSR count). The quantitative estimate of drug-likeness (QED) is 0.463. The molecule has 0 amide bonds. The molecule has 0 spiro atoms. The molecule has 0 aliphatic heterocycles. The van der Waals surface area contributed by atoms with E-state index in [2.05, 4.69) is 24.8 Å². The minimum Gasteiger partial charge on any atom is -0.205 e. The Morgan fingerprint density at radius 3 is 2.33 bits per heavy atom. The van der Waals surface area contributed by atoms with E-state index in [0.29, 0.717) is 11.5 Å². The van der Waals surface area contributed by atoms with Crippen molar-refractivity contribution in [2.24, 2.45) is 23.7 Å². The summed E-state index contributed by atoms with van der Waals surface area (Å²) in [5.74, 6) is 9.25. The fourth-order valence-corrected chi connectivity index (χ4v) is 5.17. The van der Waals surface area contributed by atoms with Gasteiger partial charge < -0.3 is 0 Å². The standard InChI is InChI=1S/C25H32ClF/c1-2-5-19-8-13-22(14-9-19)23-15-10-20(11-16-23)6-3-4-7-21-12-17-24(26)25(27)18-21/h3,6,12,17-20,22-23H,2,5,8-11,13-16H2,1H3/b6-3+/t19-,20?,22-,23?. The van der Waals surface area contributed by atoms with Gasteiger partial charge in [-0.05, 0) is 86.5 Å². The normalized spacial score (nSPS) is 28.7. The van der Waals surface area contributed by atoms with Crippen LogP contribution in [0.3, 0.4) is 0 Å². The van der Waals surface area contributed by atoms with Crippen molar-refractivity contribution in [2.45, 2.75) is 71.1 Å². The van der Waals surface area contributed by atoms with E-state index in [9.17, 15) is 4.39 Å². The second kappa shape index (κ2) is 10.3.